The highest BCUT2D eigenvalue weighted by atomic mass is 32.2. The van der Waals surface area contributed by atoms with E-state index in [1.165, 1.54) is 6.07 Å². The van der Waals surface area contributed by atoms with Crippen molar-refractivity contribution in [2.45, 2.75) is 64.2 Å². The van der Waals surface area contributed by atoms with E-state index in [4.69, 9.17) is 4.74 Å². The topological polar surface area (TPSA) is 98.1 Å². The minimum absolute atomic E-state index is 0.00406. The molecule has 1 aliphatic rings. The fourth-order valence-corrected chi connectivity index (χ4v) is 5.63. The van der Waals surface area contributed by atoms with Crippen LogP contribution in [0.1, 0.15) is 51.2 Å². The molecule has 0 bridgehead atoms. The van der Waals surface area contributed by atoms with E-state index in [1.54, 1.807) is 42.3 Å². The molecule has 1 atom stereocenters. The van der Waals surface area contributed by atoms with Crippen molar-refractivity contribution >= 4 is 39.2 Å². The smallest absolute Gasteiger partial charge is 0.228 e. The summed E-state index contributed by atoms with van der Waals surface area (Å²) in [6.45, 7) is 7.79. The summed E-state index contributed by atoms with van der Waals surface area (Å²) < 4.78 is 38.7. The van der Waals surface area contributed by atoms with Gasteiger partial charge in [0.05, 0.1) is 34.6 Å². The van der Waals surface area contributed by atoms with Crippen molar-refractivity contribution in [1.29, 1.82) is 0 Å². The van der Waals surface area contributed by atoms with Crippen LogP contribution in [0.3, 0.4) is 0 Å². The van der Waals surface area contributed by atoms with Crippen LogP contribution in [0.2, 0.25) is 0 Å². The van der Waals surface area contributed by atoms with Gasteiger partial charge in [0.15, 0.2) is 11.6 Å². The summed E-state index contributed by atoms with van der Waals surface area (Å²) in [4.78, 5) is 17.0. The molecular weight excluding hydrogens is 517 g/mol. The predicted molar refractivity (Wildman–Crippen MR) is 152 cm³/mol. The van der Waals surface area contributed by atoms with Gasteiger partial charge in [0.25, 0.3) is 0 Å². The summed E-state index contributed by atoms with van der Waals surface area (Å²) in [5, 5.41) is 7.95. The molecule has 0 saturated heterocycles. The first kappa shape index (κ1) is 26.8. The van der Waals surface area contributed by atoms with Crippen molar-refractivity contribution in [3.63, 3.8) is 0 Å². The molecule has 2 aromatic heterocycles. The maximum absolute atomic E-state index is 15.3. The molecule has 10 heteroatoms. The molecule has 1 saturated carbocycles. The number of fused-ring (bicyclic) bond motifs is 1. The maximum atomic E-state index is 15.3. The Hall–Kier alpha value is -3.79. The zero-order chi connectivity index (χ0) is 27.7. The second kappa shape index (κ2) is 10.8. The third kappa shape index (κ3) is 6.11. The predicted octanol–water partition coefficient (Wildman–Crippen LogP) is 6.24. The zero-order valence-corrected chi connectivity index (χ0v) is 23.3. The summed E-state index contributed by atoms with van der Waals surface area (Å²) in [7, 11) is -1.16. The molecule has 4 aromatic rings. The number of pyridine rings is 1. The monoisotopic (exact) mass is 549 g/mol. The number of anilines is 2. The Morgan fingerprint density at radius 2 is 1.97 bits per heavy atom. The largest absolute Gasteiger partial charge is 0.453 e. The van der Waals surface area contributed by atoms with Crippen LogP contribution in [0, 0.1) is 12.7 Å². The van der Waals surface area contributed by atoms with Crippen LogP contribution in [-0.2, 0) is 27.7 Å². The molecule has 8 nitrogen and oxygen atoms in total. The Kier molecular flexibility index (Phi) is 7.40. The Morgan fingerprint density at radius 1 is 1.18 bits per heavy atom. The molecule has 2 N–H and O–H groups in total. The molecule has 1 fully saturated rings. The third-order valence-electron chi connectivity index (χ3n) is 6.69. The molecular formula is C29H32FN5O3S. The van der Waals surface area contributed by atoms with Crippen molar-refractivity contribution in [2.24, 2.45) is 0 Å². The van der Waals surface area contributed by atoms with Gasteiger partial charge in [-0.15, -0.1) is 0 Å². The number of nitrogens with one attached hydrogen (secondary N) is 2. The molecule has 1 aliphatic carbocycles. The van der Waals surface area contributed by atoms with E-state index in [-0.39, 0.29) is 28.9 Å². The highest BCUT2D eigenvalue weighted by Gasteiger charge is 2.24. The number of benzene rings is 2. The van der Waals surface area contributed by atoms with Crippen molar-refractivity contribution in [3.05, 3.63) is 71.9 Å². The second-order valence-corrected chi connectivity index (χ2v) is 12.4. The van der Waals surface area contributed by atoms with Crippen LogP contribution >= 0.6 is 0 Å². The van der Waals surface area contributed by atoms with Crippen LogP contribution in [0.25, 0.3) is 10.9 Å². The number of hydrogen-bond donors (Lipinski definition) is 2. The first-order chi connectivity index (χ1) is 18.6. The normalized spacial score (nSPS) is 14.6. The number of nitrogens with zero attached hydrogens (tertiary/aromatic N) is 3. The van der Waals surface area contributed by atoms with Gasteiger partial charge in [0, 0.05) is 23.5 Å². The molecule has 5 rings (SSSR count). The Balaban J connectivity index is 1.31. The van der Waals surface area contributed by atoms with Gasteiger partial charge < -0.3 is 14.8 Å². The van der Waals surface area contributed by atoms with Gasteiger partial charge in [-0.1, -0.05) is 12.5 Å². The first-order valence-electron chi connectivity index (χ1n) is 12.9. The number of halogens is 1. The van der Waals surface area contributed by atoms with E-state index in [1.807, 2.05) is 39.0 Å². The number of carbonyl (C=O) groups is 1. The van der Waals surface area contributed by atoms with Crippen LogP contribution in [0.15, 0.2) is 55.0 Å². The molecule has 204 valence electrons. The van der Waals surface area contributed by atoms with Gasteiger partial charge in [0.2, 0.25) is 5.91 Å². The van der Waals surface area contributed by atoms with E-state index in [9.17, 15) is 9.00 Å². The second-order valence-electron chi connectivity index (χ2n) is 10.9. The Labute approximate surface area is 229 Å². The average Bonchev–Trinajstić information content (AvgIpc) is 3.29. The van der Waals surface area contributed by atoms with Gasteiger partial charge in [-0.3, -0.25) is 14.5 Å². The number of hydrogen-bond acceptors (Lipinski definition) is 5. The summed E-state index contributed by atoms with van der Waals surface area (Å²) in [6, 6.07) is 10.2. The van der Waals surface area contributed by atoms with E-state index < -0.39 is 16.8 Å². The number of amides is 1. The van der Waals surface area contributed by atoms with Gasteiger partial charge in [-0.2, -0.15) is 5.10 Å². The SMILES string of the molecule is Cc1cc(CC(=O)Nc2cnn(C(C)(C)C)c2)cc(F)c1Oc1ccnc2ccc(NS(=O)C3CCC3)cc12. The first-order valence-corrected chi connectivity index (χ1v) is 14.2. The highest BCUT2D eigenvalue weighted by Crippen LogP contribution is 2.35. The number of carbonyl (C=O) groups excluding carboxylic acids is 1. The van der Waals surface area contributed by atoms with Gasteiger partial charge in [-0.05, 0) is 82.0 Å². The maximum Gasteiger partial charge on any atom is 0.228 e. The van der Waals surface area contributed by atoms with Crippen molar-refractivity contribution in [1.82, 2.24) is 14.8 Å². The molecule has 1 unspecified atom stereocenters. The van der Waals surface area contributed by atoms with Crippen molar-refractivity contribution in [2.75, 3.05) is 10.0 Å². The third-order valence-corrected chi connectivity index (χ3v) is 8.21. The lowest BCUT2D eigenvalue weighted by atomic mass is 10.0. The molecule has 1 amide bonds. The minimum Gasteiger partial charge on any atom is -0.453 e. The van der Waals surface area contributed by atoms with Crippen molar-refractivity contribution in [3.8, 4) is 11.5 Å². The fraction of sp³-hybridized carbons (Fsp3) is 0.345. The van der Waals surface area contributed by atoms with E-state index >= 15 is 4.39 Å². The van der Waals surface area contributed by atoms with Gasteiger partial charge >= 0.3 is 0 Å². The number of rotatable bonds is 8. The van der Waals surface area contributed by atoms with E-state index in [0.717, 1.165) is 19.3 Å². The quantitative estimate of drug-likeness (QED) is 0.271. The lowest BCUT2D eigenvalue weighted by Crippen LogP contribution is -2.27. The molecule has 2 aromatic carbocycles. The highest BCUT2D eigenvalue weighted by molar-refractivity contribution is 7.87. The Morgan fingerprint density at radius 3 is 2.64 bits per heavy atom. The molecule has 0 spiro atoms. The van der Waals surface area contributed by atoms with E-state index in [2.05, 4.69) is 20.1 Å². The van der Waals surface area contributed by atoms with Gasteiger partial charge in [0.1, 0.15) is 16.7 Å². The lowest BCUT2D eigenvalue weighted by molar-refractivity contribution is -0.115. The summed E-state index contributed by atoms with van der Waals surface area (Å²) in [5.74, 6) is -0.324. The van der Waals surface area contributed by atoms with E-state index in [0.29, 0.717) is 39.2 Å². The molecule has 39 heavy (non-hydrogen) atoms. The fourth-order valence-electron chi connectivity index (χ4n) is 4.35. The molecule has 2 heterocycles. The average molecular weight is 550 g/mol. The number of aromatic nitrogens is 3. The number of ether oxygens (including phenoxy) is 1. The van der Waals surface area contributed by atoms with Crippen molar-refractivity contribution < 1.29 is 18.1 Å². The standard InChI is InChI=1S/C29H32FN5O3S/c1-18-12-19(14-27(36)33-21-16-32-35(17-21)29(2,3)4)13-24(30)28(18)38-26-10-11-31-25-9-8-20(15-23(25)26)34-39(37)22-6-5-7-22/h8-13,15-17,22,34H,5-7,14H2,1-4H3,(H,33,36). The summed E-state index contributed by atoms with van der Waals surface area (Å²) in [6.07, 6.45) is 8.00. The minimum atomic E-state index is -1.16. The van der Waals surface area contributed by atoms with Gasteiger partial charge in [-0.25, -0.2) is 8.60 Å². The molecule has 0 radical (unpaired) electrons. The lowest BCUT2D eigenvalue weighted by Gasteiger charge is -2.24. The van der Waals surface area contributed by atoms with Crippen LogP contribution < -0.4 is 14.8 Å². The van der Waals surface area contributed by atoms with Crippen LogP contribution in [0.4, 0.5) is 15.8 Å². The van der Waals surface area contributed by atoms with Crippen LogP contribution in [-0.4, -0.2) is 30.1 Å². The van der Waals surface area contributed by atoms with Crippen LogP contribution in [0.5, 0.6) is 11.5 Å². The Bertz CT molecular complexity index is 1540. The molecule has 0 aliphatic heterocycles. The summed E-state index contributed by atoms with van der Waals surface area (Å²) in [5.41, 5.74) is 2.84. The summed E-state index contributed by atoms with van der Waals surface area (Å²) >= 11 is 0. The zero-order valence-electron chi connectivity index (χ0n) is 22.5. The number of aryl methyl sites for hydroxylation is 1.